The largest absolute Gasteiger partial charge is 0.468 e. The maximum atomic E-state index is 12.1. The molecule has 0 saturated heterocycles. The van der Waals surface area contributed by atoms with Crippen LogP contribution in [0.25, 0.3) is 0 Å². The fourth-order valence-electron chi connectivity index (χ4n) is 1.83. The molecule has 6 nitrogen and oxygen atoms in total. The molecule has 1 amide bonds. The molecular weight excluding hydrogens is 304 g/mol. The summed E-state index contributed by atoms with van der Waals surface area (Å²) in [5.41, 5.74) is 0.573. The molecule has 1 aromatic carbocycles. The summed E-state index contributed by atoms with van der Waals surface area (Å²) in [6.07, 6.45) is 2.68. The summed E-state index contributed by atoms with van der Waals surface area (Å²) in [6.45, 7) is 2.00. The zero-order valence-corrected chi connectivity index (χ0v) is 13.0. The van der Waals surface area contributed by atoms with Crippen molar-refractivity contribution in [3.05, 3.63) is 48.4 Å². The van der Waals surface area contributed by atoms with Gasteiger partial charge in [-0.05, 0) is 42.8 Å². The van der Waals surface area contributed by atoms with Gasteiger partial charge in [0, 0.05) is 12.1 Å². The maximum absolute atomic E-state index is 12.1. The van der Waals surface area contributed by atoms with E-state index >= 15 is 0 Å². The average Bonchev–Trinajstić information content (AvgIpc) is 2.99. The van der Waals surface area contributed by atoms with Gasteiger partial charge in [-0.1, -0.05) is 6.92 Å². The van der Waals surface area contributed by atoms with Crippen LogP contribution in [0, 0.1) is 0 Å². The molecule has 0 aliphatic heterocycles. The van der Waals surface area contributed by atoms with Crippen molar-refractivity contribution in [1.29, 1.82) is 0 Å². The summed E-state index contributed by atoms with van der Waals surface area (Å²) in [5, 5.41) is 2.71. The lowest BCUT2D eigenvalue weighted by atomic mass is 10.3. The quantitative estimate of drug-likeness (QED) is 0.819. The van der Waals surface area contributed by atoms with Crippen LogP contribution in [0.3, 0.4) is 0 Å². The highest BCUT2D eigenvalue weighted by Gasteiger charge is 2.14. The molecular formula is C15H18N2O4S. The number of hydrogen-bond donors (Lipinski definition) is 2. The van der Waals surface area contributed by atoms with E-state index in [-0.39, 0.29) is 17.3 Å². The molecule has 0 aliphatic carbocycles. The Bertz CT molecular complexity index is 707. The first-order valence-corrected chi connectivity index (χ1v) is 8.41. The van der Waals surface area contributed by atoms with Crippen LogP contribution in [0.15, 0.2) is 52.0 Å². The van der Waals surface area contributed by atoms with Gasteiger partial charge in [0.2, 0.25) is 15.9 Å². The van der Waals surface area contributed by atoms with Crippen molar-refractivity contribution in [3.8, 4) is 0 Å². The van der Waals surface area contributed by atoms with Crippen LogP contribution in [0.5, 0.6) is 0 Å². The molecule has 0 atom stereocenters. The van der Waals surface area contributed by atoms with E-state index < -0.39 is 10.0 Å². The number of carbonyl (C=O) groups is 1. The van der Waals surface area contributed by atoms with Crippen molar-refractivity contribution in [2.45, 2.75) is 31.2 Å². The standard InChI is InChI=1S/C15H18N2O4S/c1-2-4-15(18)17-12-6-8-14(9-7-12)22(19,20)16-11-13-5-3-10-21-13/h3,5-10,16H,2,4,11H2,1H3,(H,17,18). The fraction of sp³-hybridized carbons (Fsp3) is 0.267. The maximum Gasteiger partial charge on any atom is 0.240 e. The minimum Gasteiger partial charge on any atom is -0.468 e. The Hall–Kier alpha value is -2.12. The number of benzene rings is 1. The molecule has 118 valence electrons. The predicted molar refractivity (Wildman–Crippen MR) is 82.7 cm³/mol. The predicted octanol–water partition coefficient (Wildman–Crippen LogP) is 2.50. The van der Waals surface area contributed by atoms with Crippen LogP contribution < -0.4 is 10.0 Å². The lowest BCUT2D eigenvalue weighted by molar-refractivity contribution is -0.116. The molecule has 7 heteroatoms. The summed E-state index contributed by atoms with van der Waals surface area (Å²) >= 11 is 0. The molecule has 0 bridgehead atoms. The second-order valence-electron chi connectivity index (χ2n) is 4.73. The highest BCUT2D eigenvalue weighted by atomic mass is 32.2. The van der Waals surface area contributed by atoms with Crippen LogP contribution in [-0.2, 0) is 21.4 Å². The highest BCUT2D eigenvalue weighted by Crippen LogP contribution is 2.15. The first-order chi connectivity index (χ1) is 10.5. The Balaban J connectivity index is 2.00. The van der Waals surface area contributed by atoms with Gasteiger partial charge in [0.05, 0.1) is 17.7 Å². The topological polar surface area (TPSA) is 88.4 Å². The van der Waals surface area contributed by atoms with E-state index in [9.17, 15) is 13.2 Å². The molecule has 0 unspecified atom stereocenters. The lowest BCUT2D eigenvalue weighted by Crippen LogP contribution is -2.23. The molecule has 2 N–H and O–H groups in total. The summed E-state index contributed by atoms with van der Waals surface area (Å²) in [7, 11) is -3.61. The van der Waals surface area contributed by atoms with Crippen LogP contribution in [0.1, 0.15) is 25.5 Å². The zero-order valence-electron chi connectivity index (χ0n) is 12.2. The summed E-state index contributed by atoms with van der Waals surface area (Å²) < 4.78 is 31.8. The number of rotatable bonds is 7. The van der Waals surface area contributed by atoms with Gasteiger partial charge in [-0.2, -0.15) is 0 Å². The van der Waals surface area contributed by atoms with Crippen molar-refractivity contribution in [2.75, 3.05) is 5.32 Å². The van der Waals surface area contributed by atoms with Crippen molar-refractivity contribution < 1.29 is 17.6 Å². The van der Waals surface area contributed by atoms with E-state index in [4.69, 9.17) is 4.42 Å². The van der Waals surface area contributed by atoms with Gasteiger partial charge < -0.3 is 9.73 Å². The molecule has 2 aromatic rings. The molecule has 0 fully saturated rings. The van der Waals surface area contributed by atoms with Gasteiger partial charge in [0.1, 0.15) is 5.76 Å². The highest BCUT2D eigenvalue weighted by molar-refractivity contribution is 7.89. The van der Waals surface area contributed by atoms with Crippen LogP contribution in [-0.4, -0.2) is 14.3 Å². The molecule has 22 heavy (non-hydrogen) atoms. The van der Waals surface area contributed by atoms with Gasteiger partial charge in [-0.25, -0.2) is 13.1 Å². The van der Waals surface area contributed by atoms with E-state index in [2.05, 4.69) is 10.0 Å². The third-order valence-corrected chi connectivity index (χ3v) is 4.36. The minimum atomic E-state index is -3.61. The third kappa shape index (κ3) is 4.44. The minimum absolute atomic E-state index is 0.0876. The molecule has 0 aliphatic rings. The first kappa shape index (κ1) is 16.3. The SMILES string of the molecule is CCCC(=O)Nc1ccc(S(=O)(=O)NCc2ccco2)cc1. The monoisotopic (exact) mass is 322 g/mol. The van der Waals surface area contributed by atoms with E-state index in [0.29, 0.717) is 17.9 Å². The fourth-order valence-corrected chi connectivity index (χ4v) is 2.82. The Labute approximate surface area is 129 Å². The molecule has 0 radical (unpaired) electrons. The first-order valence-electron chi connectivity index (χ1n) is 6.93. The number of carbonyl (C=O) groups excluding carboxylic acids is 1. The number of hydrogen-bond acceptors (Lipinski definition) is 4. The number of nitrogens with one attached hydrogen (secondary N) is 2. The van der Waals surface area contributed by atoms with Crippen molar-refractivity contribution >= 4 is 21.6 Å². The van der Waals surface area contributed by atoms with Gasteiger partial charge in [-0.3, -0.25) is 4.79 Å². The second kappa shape index (κ2) is 7.24. The van der Waals surface area contributed by atoms with Crippen molar-refractivity contribution in [2.24, 2.45) is 0 Å². The number of amides is 1. The Morgan fingerprint density at radius 3 is 2.50 bits per heavy atom. The van der Waals surface area contributed by atoms with Gasteiger partial charge >= 0.3 is 0 Å². The van der Waals surface area contributed by atoms with Gasteiger partial charge in [0.15, 0.2) is 0 Å². The normalized spacial score (nSPS) is 11.3. The van der Waals surface area contributed by atoms with E-state index in [1.807, 2.05) is 6.92 Å². The van der Waals surface area contributed by atoms with Crippen LogP contribution >= 0.6 is 0 Å². The summed E-state index contributed by atoms with van der Waals surface area (Å²) in [5.74, 6) is 0.445. The molecule has 0 spiro atoms. The Kier molecular flexibility index (Phi) is 5.35. The van der Waals surface area contributed by atoms with Crippen molar-refractivity contribution in [1.82, 2.24) is 4.72 Å². The Morgan fingerprint density at radius 2 is 1.91 bits per heavy atom. The molecule has 2 rings (SSSR count). The lowest BCUT2D eigenvalue weighted by Gasteiger charge is -2.07. The molecule has 1 aromatic heterocycles. The van der Waals surface area contributed by atoms with E-state index in [1.165, 1.54) is 18.4 Å². The summed E-state index contributed by atoms with van der Waals surface area (Å²) in [6, 6.07) is 9.41. The number of anilines is 1. The van der Waals surface area contributed by atoms with Crippen molar-refractivity contribution in [3.63, 3.8) is 0 Å². The van der Waals surface area contributed by atoms with E-state index in [1.54, 1.807) is 24.3 Å². The third-order valence-electron chi connectivity index (χ3n) is 2.94. The second-order valence-corrected chi connectivity index (χ2v) is 6.49. The molecule has 0 saturated carbocycles. The molecule has 1 heterocycles. The van der Waals surface area contributed by atoms with Gasteiger partial charge in [0.25, 0.3) is 0 Å². The number of furan rings is 1. The number of sulfonamides is 1. The summed E-state index contributed by atoms with van der Waals surface area (Å²) in [4.78, 5) is 11.6. The average molecular weight is 322 g/mol. The zero-order chi connectivity index (χ0) is 16.0. The smallest absolute Gasteiger partial charge is 0.240 e. The Morgan fingerprint density at radius 1 is 1.18 bits per heavy atom. The van der Waals surface area contributed by atoms with Crippen LogP contribution in [0.2, 0.25) is 0 Å². The van der Waals surface area contributed by atoms with E-state index in [0.717, 1.165) is 6.42 Å². The van der Waals surface area contributed by atoms with Gasteiger partial charge in [-0.15, -0.1) is 0 Å². The van der Waals surface area contributed by atoms with Crippen LogP contribution in [0.4, 0.5) is 5.69 Å².